The SMILES string of the molecule is CCc1ccc([C@H](C)NC(=O)Cn2cnc(C#N)n2)cc1. The summed E-state index contributed by atoms with van der Waals surface area (Å²) in [5, 5.41) is 15.4. The predicted octanol–water partition coefficient (Wildman–Crippen LogP) is 1.59. The normalized spacial score (nSPS) is 11.7. The smallest absolute Gasteiger partial charge is 0.252 e. The van der Waals surface area contributed by atoms with Gasteiger partial charge in [0.05, 0.1) is 6.04 Å². The van der Waals surface area contributed by atoms with Crippen molar-refractivity contribution in [2.24, 2.45) is 0 Å². The average Bonchev–Trinajstić information content (AvgIpc) is 2.94. The van der Waals surface area contributed by atoms with Crippen molar-refractivity contribution in [3.05, 3.63) is 47.5 Å². The maximum absolute atomic E-state index is 11.9. The van der Waals surface area contributed by atoms with Gasteiger partial charge in [-0.15, -0.1) is 5.10 Å². The Balaban J connectivity index is 1.93. The number of carbonyl (C=O) groups is 1. The van der Waals surface area contributed by atoms with Crippen molar-refractivity contribution in [1.29, 1.82) is 5.26 Å². The summed E-state index contributed by atoms with van der Waals surface area (Å²) in [7, 11) is 0. The van der Waals surface area contributed by atoms with E-state index in [0.29, 0.717) is 0 Å². The first kappa shape index (κ1) is 14.7. The summed E-state index contributed by atoms with van der Waals surface area (Å²) >= 11 is 0. The molecule has 108 valence electrons. The van der Waals surface area contributed by atoms with E-state index >= 15 is 0 Å². The lowest BCUT2D eigenvalue weighted by Gasteiger charge is -2.14. The highest BCUT2D eigenvalue weighted by Crippen LogP contribution is 2.13. The Kier molecular flexibility index (Phi) is 4.67. The van der Waals surface area contributed by atoms with Gasteiger partial charge in [0.25, 0.3) is 5.82 Å². The van der Waals surface area contributed by atoms with Crippen molar-refractivity contribution in [2.75, 3.05) is 0 Å². The van der Waals surface area contributed by atoms with Gasteiger partial charge in [-0.05, 0) is 24.5 Å². The second-order valence-electron chi connectivity index (χ2n) is 4.76. The Labute approximate surface area is 123 Å². The fraction of sp³-hybridized carbons (Fsp3) is 0.333. The molecule has 2 aromatic rings. The summed E-state index contributed by atoms with van der Waals surface area (Å²) in [4.78, 5) is 15.7. The van der Waals surface area contributed by atoms with Crippen LogP contribution in [0.1, 0.15) is 36.8 Å². The highest BCUT2D eigenvalue weighted by Gasteiger charge is 2.11. The Morgan fingerprint density at radius 3 is 2.71 bits per heavy atom. The zero-order valence-corrected chi connectivity index (χ0v) is 12.1. The zero-order chi connectivity index (χ0) is 15.2. The van der Waals surface area contributed by atoms with Crippen LogP contribution in [0.4, 0.5) is 0 Å². The number of amides is 1. The van der Waals surface area contributed by atoms with Crippen molar-refractivity contribution in [3.8, 4) is 6.07 Å². The number of nitrogens with one attached hydrogen (secondary N) is 1. The van der Waals surface area contributed by atoms with E-state index in [9.17, 15) is 4.79 Å². The standard InChI is InChI=1S/C15H17N5O/c1-3-12-4-6-13(7-5-12)11(2)18-15(21)9-20-10-17-14(8-16)19-20/h4-7,10-11H,3,9H2,1-2H3,(H,18,21)/t11-/m0/s1. The summed E-state index contributed by atoms with van der Waals surface area (Å²) < 4.78 is 1.35. The third-order valence-corrected chi connectivity index (χ3v) is 3.21. The van der Waals surface area contributed by atoms with E-state index in [4.69, 9.17) is 5.26 Å². The predicted molar refractivity (Wildman–Crippen MR) is 77.1 cm³/mol. The first-order valence-corrected chi connectivity index (χ1v) is 6.80. The van der Waals surface area contributed by atoms with Crippen LogP contribution < -0.4 is 5.32 Å². The first-order valence-electron chi connectivity index (χ1n) is 6.80. The molecule has 0 radical (unpaired) electrons. The van der Waals surface area contributed by atoms with E-state index < -0.39 is 0 Å². The van der Waals surface area contributed by atoms with Crippen LogP contribution in [-0.4, -0.2) is 20.7 Å². The molecule has 1 atom stereocenters. The zero-order valence-electron chi connectivity index (χ0n) is 12.1. The van der Waals surface area contributed by atoms with Crippen LogP contribution in [0.2, 0.25) is 0 Å². The molecule has 0 fully saturated rings. The van der Waals surface area contributed by atoms with E-state index in [1.807, 2.05) is 25.1 Å². The monoisotopic (exact) mass is 283 g/mol. The van der Waals surface area contributed by atoms with Crippen LogP contribution in [-0.2, 0) is 17.8 Å². The van der Waals surface area contributed by atoms with Gasteiger partial charge in [0, 0.05) is 0 Å². The number of hydrogen-bond acceptors (Lipinski definition) is 4. The molecule has 21 heavy (non-hydrogen) atoms. The fourth-order valence-corrected chi connectivity index (χ4v) is 1.98. The summed E-state index contributed by atoms with van der Waals surface area (Å²) in [6.07, 6.45) is 2.37. The lowest BCUT2D eigenvalue weighted by atomic mass is 10.1. The number of aromatic nitrogens is 3. The second-order valence-corrected chi connectivity index (χ2v) is 4.76. The molecule has 0 bridgehead atoms. The molecule has 2 rings (SSSR count). The number of nitriles is 1. The molecule has 0 aliphatic heterocycles. The van der Waals surface area contributed by atoms with Crippen LogP contribution in [0.25, 0.3) is 0 Å². The van der Waals surface area contributed by atoms with Gasteiger partial charge in [-0.25, -0.2) is 9.67 Å². The van der Waals surface area contributed by atoms with Crippen LogP contribution >= 0.6 is 0 Å². The third kappa shape index (κ3) is 3.89. The molecule has 0 aliphatic rings. The Hall–Kier alpha value is -2.68. The minimum atomic E-state index is -0.170. The molecular weight excluding hydrogens is 266 g/mol. The minimum absolute atomic E-state index is 0.0477. The van der Waals surface area contributed by atoms with Crippen molar-refractivity contribution in [3.63, 3.8) is 0 Å². The van der Waals surface area contributed by atoms with E-state index in [2.05, 4.69) is 34.5 Å². The fourth-order valence-electron chi connectivity index (χ4n) is 1.98. The number of nitrogens with zero attached hydrogens (tertiary/aromatic N) is 4. The summed E-state index contributed by atoms with van der Waals surface area (Å²) in [6.45, 7) is 4.08. The molecule has 6 nitrogen and oxygen atoms in total. The lowest BCUT2D eigenvalue weighted by molar-refractivity contribution is -0.122. The third-order valence-electron chi connectivity index (χ3n) is 3.21. The van der Waals surface area contributed by atoms with Crippen molar-refractivity contribution >= 4 is 5.91 Å². The van der Waals surface area contributed by atoms with Gasteiger partial charge in [-0.1, -0.05) is 31.2 Å². The number of aryl methyl sites for hydroxylation is 1. The van der Waals surface area contributed by atoms with E-state index in [1.54, 1.807) is 0 Å². The maximum Gasteiger partial charge on any atom is 0.252 e. The molecule has 0 saturated carbocycles. The number of benzene rings is 1. The van der Waals surface area contributed by atoms with Crippen LogP contribution in [0.15, 0.2) is 30.6 Å². The van der Waals surface area contributed by atoms with E-state index in [1.165, 1.54) is 16.6 Å². The lowest BCUT2D eigenvalue weighted by Crippen LogP contribution is -2.30. The van der Waals surface area contributed by atoms with Crippen molar-refractivity contribution in [1.82, 2.24) is 20.1 Å². The van der Waals surface area contributed by atoms with Crippen LogP contribution in [0.3, 0.4) is 0 Å². The molecule has 0 saturated heterocycles. The molecule has 0 spiro atoms. The summed E-state index contributed by atoms with van der Waals surface area (Å²) in [5.41, 5.74) is 2.32. The molecule has 1 amide bonds. The Morgan fingerprint density at radius 2 is 2.14 bits per heavy atom. The molecule has 1 aromatic carbocycles. The maximum atomic E-state index is 11.9. The van der Waals surface area contributed by atoms with Gasteiger partial charge in [-0.2, -0.15) is 5.26 Å². The number of carbonyl (C=O) groups excluding carboxylic acids is 1. The summed E-state index contributed by atoms with van der Waals surface area (Å²) in [6, 6.07) is 9.91. The van der Waals surface area contributed by atoms with Crippen LogP contribution in [0, 0.1) is 11.3 Å². The van der Waals surface area contributed by atoms with Gasteiger partial charge in [0.1, 0.15) is 18.9 Å². The molecule has 1 heterocycles. The number of rotatable bonds is 5. The van der Waals surface area contributed by atoms with Gasteiger partial charge in [0.2, 0.25) is 5.91 Å². The first-order chi connectivity index (χ1) is 10.1. The van der Waals surface area contributed by atoms with Crippen molar-refractivity contribution < 1.29 is 4.79 Å². The molecule has 6 heteroatoms. The van der Waals surface area contributed by atoms with Crippen molar-refractivity contribution in [2.45, 2.75) is 32.9 Å². The molecule has 1 aromatic heterocycles. The Morgan fingerprint density at radius 1 is 1.43 bits per heavy atom. The topological polar surface area (TPSA) is 83.6 Å². The highest BCUT2D eigenvalue weighted by atomic mass is 16.2. The molecule has 0 unspecified atom stereocenters. The quantitative estimate of drug-likeness (QED) is 0.903. The average molecular weight is 283 g/mol. The Bertz CT molecular complexity index is 653. The molecule has 1 N–H and O–H groups in total. The van der Waals surface area contributed by atoms with Gasteiger partial charge < -0.3 is 5.32 Å². The molecule has 0 aliphatic carbocycles. The minimum Gasteiger partial charge on any atom is -0.348 e. The highest BCUT2D eigenvalue weighted by molar-refractivity contribution is 5.76. The van der Waals surface area contributed by atoms with Gasteiger partial charge in [0.15, 0.2) is 0 Å². The largest absolute Gasteiger partial charge is 0.348 e. The van der Waals surface area contributed by atoms with Gasteiger partial charge in [-0.3, -0.25) is 4.79 Å². The number of hydrogen-bond donors (Lipinski definition) is 1. The second kappa shape index (κ2) is 6.66. The molecular formula is C15H17N5O. The van der Waals surface area contributed by atoms with Crippen LogP contribution in [0.5, 0.6) is 0 Å². The van der Waals surface area contributed by atoms with E-state index in [-0.39, 0.29) is 24.3 Å². The van der Waals surface area contributed by atoms with E-state index in [0.717, 1.165) is 12.0 Å². The van der Waals surface area contributed by atoms with Gasteiger partial charge >= 0.3 is 0 Å². The summed E-state index contributed by atoms with van der Waals surface area (Å²) in [5.74, 6) is -0.109.